The van der Waals surface area contributed by atoms with Gasteiger partial charge in [0.05, 0.1) is 0 Å². The highest BCUT2D eigenvalue weighted by Crippen LogP contribution is 2.22. The van der Waals surface area contributed by atoms with Crippen LogP contribution < -0.4 is 5.32 Å². The summed E-state index contributed by atoms with van der Waals surface area (Å²) >= 11 is 6.17. The monoisotopic (exact) mass is 273 g/mol. The summed E-state index contributed by atoms with van der Waals surface area (Å²) in [5.74, 6) is 0. The number of halogens is 1. The third kappa shape index (κ3) is 3.17. The summed E-state index contributed by atoms with van der Waals surface area (Å²) in [4.78, 5) is 0. The van der Waals surface area contributed by atoms with Crippen molar-refractivity contribution in [3.05, 3.63) is 58.4 Å². The molecule has 1 N–H and O–H groups in total. The molecule has 0 aliphatic carbocycles. The van der Waals surface area contributed by atoms with Gasteiger partial charge in [-0.25, -0.2) is 0 Å². The zero-order valence-corrected chi connectivity index (χ0v) is 11.8. The van der Waals surface area contributed by atoms with E-state index in [1.807, 2.05) is 48.1 Å². The molecule has 0 fully saturated rings. The van der Waals surface area contributed by atoms with Crippen LogP contribution >= 0.6 is 11.6 Å². The maximum atomic E-state index is 8.91. The number of hydrogen-bond donors (Lipinski definition) is 1. The Morgan fingerprint density at radius 3 is 2.79 bits per heavy atom. The van der Waals surface area contributed by atoms with E-state index in [2.05, 4.69) is 18.3 Å². The topological polar surface area (TPSA) is 40.8 Å². The highest BCUT2D eigenvalue weighted by molar-refractivity contribution is 6.31. The van der Waals surface area contributed by atoms with Crippen molar-refractivity contribution in [3.63, 3.8) is 0 Å². The number of nitriles is 1. The Morgan fingerprint density at radius 1 is 1.42 bits per heavy atom. The Labute approximate surface area is 118 Å². The summed E-state index contributed by atoms with van der Waals surface area (Å²) in [7, 11) is 1.87. The smallest absolute Gasteiger partial charge is 0.120 e. The van der Waals surface area contributed by atoms with Crippen LogP contribution in [0.3, 0.4) is 0 Å². The van der Waals surface area contributed by atoms with E-state index >= 15 is 0 Å². The first-order chi connectivity index (χ1) is 9.11. The Bertz CT molecular complexity index is 610. The van der Waals surface area contributed by atoms with Gasteiger partial charge in [0.25, 0.3) is 0 Å². The Kier molecular flexibility index (Phi) is 4.26. The minimum absolute atomic E-state index is 0.166. The molecule has 0 spiro atoms. The van der Waals surface area contributed by atoms with Crippen molar-refractivity contribution < 1.29 is 0 Å². The molecule has 0 aliphatic rings. The van der Waals surface area contributed by atoms with Crippen LogP contribution in [0.2, 0.25) is 5.02 Å². The molecule has 0 radical (unpaired) electrons. The maximum Gasteiger partial charge on any atom is 0.120 e. The Hall–Kier alpha value is -1.76. The van der Waals surface area contributed by atoms with E-state index in [0.29, 0.717) is 12.2 Å². The second-order valence-electron chi connectivity index (χ2n) is 4.58. The largest absolute Gasteiger partial charge is 0.342 e. The lowest BCUT2D eigenvalue weighted by Crippen LogP contribution is -2.18. The van der Waals surface area contributed by atoms with Gasteiger partial charge in [-0.15, -0.1) is 0 Å². The Morgan fingerprint density at radius 2 is 2.16 bits per heavy atom. The molecule has 0 amide bonds. The fraction of sp³-hybridized carbons (Fsp3) is 0.267. The fourth-order valence-corrected chi connectivity index (χ4v) is 2.35. The van der Waals surface area contributed by atoms with Crippen LogP contribution in [0.5, 0.6) is 0 Å². The lowest BCUT2D eigenvalue weighted by Gasteiger charge is -2.15. The molecule has 19 heavy (non-hydrogen) atoms. The Balaban J connectivity index is 2.03. The molecule has 1 aromatic carbocycles. The van der Waals surface area contributed by atoms with Crippen LogP contribution in [0, 0.1) is 11.3 Å². The molecular weight excluding hydrogens is 258 g/mol. The van der Waals surface area contributed by atoms with Crippen molar-refractivity contribution in [1.82, 2.24) is 9.88 Å². The molecule has 0 aliphatic heterocycles. The third-order valence-corrected chi connectivity index (χ3v) is 3.50. The molecule has 2 aromatic rings. The van der Waals surface area contributed by atoms with Crippen LogP contribution in [0.15, 0.2) is 36.5 Å². The second-order valence-corrected chi connectivity index (χ2v) is 4.99. The number of benzene rings is 1. The average molecular weight is 274 g/mol. The lowest BCUT2D eigenvalue weighted by atomic mass is 10.1. The quantitative estimate of drug-likeness (QED) is 0.927. The third-order valence-electron chi connectivity index (χ3n) is 3.16. The average Bonchev–Trinajstić information content (AvgIpc) is 2.77. The van der Waals surface area contributed by atoms with Gasteiger partial charge < -0.3 is 9.88 Å². The van der Waals surface area contributed by atoms with Gasteiger partial charge in [-0.1, -0.05) is 29.8 Å². The van der Waals surface area contributed by atoms with Gasteiger partial charge in [0.2, 0.25) is 0 Å². The molecule has 1 unspecified atom stereocenters. The molecule has 98 valence electrons. The molecule has 3 nitrogen and oxygen atoms in total. The molecule has 0 bridgehead atoms. The van der Waals surface area contributed by atoms with E-state index in [1.165, 1.54) is 0 Å². The summed E-state index contributed by atoms with van der Waals surface area (Å²) in [6.45, 7) is 2.79. The number of nitrogens with one attached hydrogen (secondary N) is 1. The van der Waals surface area contributed by atoms with Crippen molar-refractivity contribution in [2.45, 2.75) is 19.5 Å². The normalized spacial score (nSPS) is 12.1. The van der Waals surface area contributed by atoms with E-state index in [0.717, 1.165) is 16.1 Å². The number of rotatable bonds is 4. The molecule has 0 saturated carbocycles. The van der Waals surface area contributed by atoms with E-state index in [4.69, 9.17) is 16.9 Å². The van der Waals surface area contributed by atoms with Crippen molar-refractivity contribution in [1.29, 1.82) is 5.26 Å². The number of aryl methyl sites for hydroxylation is 1. The van der Waals surface area contributed by atoms with E-state index in [1.54, 1.807) is 0 Å². The van der Waals surface area contributed by atoms with Crippen molar-refractivity contribution >= 4 is 11.6 Å². The first-order valence-corrected chi connectivity index (χ1v) is 6.52. The standard InChI is InChI=1S/C15H16ClN3/c1-11(14-5-3-4-6-15(14)16)18-9-12-7-13(8-17)19(2)10-12/h3-7,10-11,18H,9H2,1-2H3. The zero-order valence-electron chi connectivity index (χ0n) is 11.0. The predicted octanol–water partition coefficient (Wildman–Crippen LogP) is 3.40. The predicted molar refractivity (Wildman–Crippen MR) is 76.8 cm³/mol. The van der Waals surface area contributed by atoms with Crippen LogP contribution in [-0.2, 0) is 13.6 Å². The number of hydrogen-bond acceptors (Lipinski definition) is 2. The van der Waals surface area contributed by atoms with Crippen LogP contribution in [-0.4, -0.2) is 4.57 Å². The first kappa shape index (κ1) is 13.7. The molecule has 1 heterocycles. The highest BCUT2D eigenvalue weighted by atomic mass is 35.5. The minimum Gasteiger partial charge on any atom is -0.342 e. The van der Waals surface area contributed by atoms with Gasteiger partial charge in [0, 0.05) is 30.9 Å². The number of aromatic nitrogens is 1. The molecule has 1 atom stereocenters. The second kappa shape index (κ2) is 5.92. The van der Waals surface area contributed by atoms with Crippen LogP contribution in [0.4, 0.5) is 0 Å². The highest BCUT2D eigenvalue weighted by Gasteiger charge is 2.09. The summed E-state index contributed by atoms with van der Waals surface area (Å²) in [5.41, 5.74) is 2.85. The molecule has 0 saturated heterocycles. The summed E-state index contributed by atoms with van der Waals surface area (Å²) < 4.78 is 1.83. The molecule has 4 heteroatoms. The van der Waals surface area contributed by atoms with Crippen molar-refractivity contribution in [2.24, 2.45) is 7.05 Å². The van der Waals surface area contributed by atoms with Gasteiger partial charge in [0.1, 0.15) is 11.8 Å². The molecular formula is C15H16ClN3. The minimum atomic E-state index is 0.166. The van der Waals surface area contributed by atoms with Crippen molar-refractivity contribution in [2.75, 3.05) is 0 Å². The maximum absolute atomic E-state index is 8.91. The first-order valence-electron chi connectivity index (χ1n) is 6.15. The summed E-state index contributed by atoms with van der Waals surface area (Å²) in [5, 5.41) is 13.1. The fourth-order valence-electron chi connectivity index (χ4n) is 2.05. The lowest BCUT2D eigenvalue weighted by molar-refractivity contribution is 0.574. The zero-order chi connectivity index (χ0) is 13.8. The number of nitrogens with zero attached hydrogens (tertiary/aromatic N) is 2. The summed E-state index contributed by atoms with van der Waals surface area (Å²) in [6.07, 6.45) is 1.96. The van der Waals surface area contributed by atoms with E-state index < -0.39 is 0 Å². The molecule has 2 rings (SSSR count). The van der Waals surface area contributed by atoms with E-state index in [9.17, 15) is 0 Å². The summed E-state index contributed by atoms with van der Waals surface area (Å²) in [6, 6.07) is 12.0. The van der Waals surface area contributed by atoms with Crippen LogP contribution in [0.25, 0.3) is 0 Å². The van der Waals surface area contributed by atoms with Gasteiger partial charge in [-0.05, 0) is 30.2 Å². The van der Waals surface area contributed by atoms with Crippen molar-refractivity contribution in [3.8, 4) is 6.07 Å². The SMILES string of the molecule is CC(NCc1cc(C#N)n(C)c1)c1ccccc1Cl. The van der Waals surface area contributed by atoms with Gasteiger partial charge in [0.15, 0.2) is 0 Å². The van der Waals surface area contributed by atoms with Gasteiger partial charge in [-0.3, -0.25) is 0 Å². The van der Waals surface area contributed by atoms with Gasteiger partial charge in [-0.2, -0.15) is 5.26 Å². The van der Waals surface area contributed by atoms with Crippen LogP contribution in [0.1, 0.15) is 29.8 Å². The van der Waals surface area contributed by atoms with Gasteiger partial charge >= 0.3 is 0 Å². The molecule has 1 aromatic heterocycles. The van der Waals surface area contributed by atoms with E-state index in [-0.39, 0.29) is 6.04 Å².